The van der Waals surface area contributed by atoms with E-state index in [1.807, 2.05) is 18.7 Å². The Bertz CT molecular complexity index is 403. The highest BCUT2D eigenvalue weighted by molar-refractivity contribution is 5.79. The van der Waals surface area contributed by atoms with Crippen LogP contribution < -0.4 is 5.32 Å². The van der Waals surface area contributed by atoms with Crippen molar-refractivity contribution in [2.45, 2.75) is 71.4 Å². The fourth-order valence-electron chi connectivity index (χ4n) is 3.44. The van der Waals surface area contributed by atoms with Gasteiger partial charge < -0.3 is 15.0 Å². The molecule has 0 bridgehead atoms. The van der Waals surface area contributed by atoms with Gasteiger partial charge in [-0.1, -0.05) is 33.6 Å². The van der Waals surface area contributed by atoms with E-state index in [0.29, 0.717) is 19.0 Å². The number of hydrogen-bond donors (Lipinski definition) is 1. The van der Waals surface area contributed by atoms with Gasteiger partial charge in [0.05, 0.1) is 6.10 Å². The second-order valence-corrected chi connectivity index (χ2v) is 7.43. The lowest BCUT2D eigenvalue weighted by molar-refractivity contribution is -0.141. The molecule has 132 valence electrons. The minimum absolute atomic E-state index is 0.0144. The quantitative estimate of drug-likeness (QED) is 0.844. The smallest absolute Gasteiger partial charge is 0.248 e. The van der Waals surface area contributed by atoms with Crippen LogP contribution in [-0.4, -0.2) is 48.6 Å². The molecule has 0 aromatic rings. The number of likely N-dealkylation sites (tertiary alicyclic amines) is 1. The van der Waals surface area contributed by atoms with Crippen LogP contribution in [-0.2, 0) is 14.3 Å². The molecule has 0 radical (unpaired) electrons. The number of piperidine rings is 1. The van der Waals surface area contributed by atoms with Crippen molar-refractivity contribution in [1.29, 1.82) is 0 Å². The van der Waals surface area contributed by atoms with Crippen molar-refractivity contribution >= 4 is 11.8 Å². The minimum atomic E-state index is 0.0144. The number of hydrogen-bond acceptors (Lipinski definition) is 3. The van der Waals surface area contributed by atoms with E-state index in [-0.39, 0.29) is 36.5 Å². The fourth-order valence-corrected chi connectivity index (χ4v) is 3.44. The molecule has 2 aliphatic rings. The summed E-state index contributed by atoms with van der Waals surface area (Å²) in [5.74, 6) is 0.773. The second kappa shape index (κ2) is 8.67. The van der Waals surface area contributed by atoms with Crippen LogP contribution in [0.5, 0.6) is 0 Å². The Morgan fingerprint density at radius 1 is 1.13 bits per heavy atom. The zero-order chi connectivity index (χ0) is 16.8. The molecule has 23 heavy (non-hydrogen) atoms. The van der Waals surface area contributed by atoms with Crippen molar-refractivity contribution in [2.75, 3.05) is 19.7 Å². The summed E-state index contributed by atoms with van der Waals surface area (Å²) >= 11 is 0. The zero-order valence-corrected chi connectivity index (χ0v) is 14.8. The normalized spacial score (nSPS) is 26.3. The fraction of sp³-hybridized carbons (Fsp3) is 0.889. The van der Waals surface area contributed by atoms with Gasteiger partial charge in [0.25, 0.3) is 0 Å². The Balaban J connectivity index is 1.68. The van der Waals surface area contributed by atoms with E-state index in [4.69, 9.17) is 4.74 Å². The van der Waals surface area contributed by atoms with Gasteiger partial charge in [-0.15, -0.1) is 0 Å². The molecule has 0 aromatic carbocycles. The van der Waals surface area contributed by atoms with Crippen LogP contribution in [0.3, 0.4) is 0 Å². The molecule has 5 nitrogen and oxygen atoms in total. The molecule has 1 aliphatic heterocycles. The topological polar surface area (TPSA) is 58.6 Å². The minimum Gasteiger partial charge on any atom is -0.368 e. The molecular formula is C18H32N2O3. The summed E-state index contributed by atoms with van der Waals surface area (Å²) in [5, 5.41) is 3.06. The summed E-state index contributed by atoms with van der Waals surface area (Å²) in [6.45, 7) is 7.65. The van der Waals surface area contributed by atoms with E-state index in [9.17, 15) is 9.59 Å². The number of ether oxygens (including phenoxy) is 1. The van der Waals surface area contributed by atoms with E-state index in [1.165, 1.54) is 19.3 Å². The lowest BCUT2D eigenvalue weighted by Crippen LogP contribution is -2.48. The molecule has 1 N–H and O–H groups in total. The molecule has 2 amide bonds. The molecule has 5 heteroatoms. The van der Waals surface area contributed by atoms with Crippen molar-refractivity contribution in [3.8, 4) is 0 Å². The Morgan fingerprint density at radius 2 is 1.78 bits per heavy atom. The highest BCUT2D eigenvalue weighted by Crippen LogP contribution is 2.26. The maximum atomic E-state index is 12.3. The number of nitrogens with one attached hydrogen (secondary N) is 1. The van der Waals surface area contributed by atoms with Crippen molar-refractivity contribution in [3.63, 3.8) is 0 Å². The molecule has 0 aromatic heterocycles. The van der Waals surface area contributed by atoms with Gasteiger partial charge in [0.1, 0.15) is 6.61 Å². The van der Waals surface area contributed by atoms with Crippen molar-refractivity contribution in [1.82, 2.24) is 10.2 Å². The van der Waals surface area contributed by atoms with Crippen LogP contribution >= 0.6 is 0 Å². The average Bonchev–Trinajstić information content (AvgIpc) is 2.54. The van der Waals surface area contributed by atoms with Crippen molar-refractivity contribution in [3.05, 3.63) is 0 Å². The van der Waals surface area contributed by atoms with Gasteiger partial charge in [0.2, 0.25) is 11.8 Å². The maximum Gasteiger partial charge on any atom is 0.248 e. The third-order valence-corrected chi connectivity index (χ3v) is 5.17. The van der Waals surface area contributed by atoms with Crippen LogP contribution in [0.15, 0.2) is 0 Å². The largest absolute Gasteiger partial charge is 0.368 e. The standard InChI is InChI=1S/C18H32N2O3/c1-13(2)18(22)19-15-8-10-20(11-9-15)17(21)12-23-16-7-5-4-6-14(16)3/h13-16H,4-12H2,1-3H3,(H,19,22)/t14-,16-/m1/s1. The van der Waals surface area contributed by atoms with Crippen LogP contribution in [0.4, 0.5) is 0 Å². The summed E-state index contributed by atoms with van der Waals surface area (Å²) < 4.78 is 5.87. The summed E-state index contributed by atoms with van der Waals surface area (Å²) in [6.07, 6.45) is 6.70. The molecule has 1 saturated heterocycles. The van der Waals surface area contributed by atoms with Gasteiger partial charge in [-0.05, 0) is 31.6 Å². The molecule has 2 atom stereocenters. The van der Waals surface area contributed by atoms with E-state index >= 15 is 0 Å². The molecule has 1 heterocycles. The van der Waals surface area contributed by atoms with Crippen LogP contribution in [0.2, 0.25) is 0 Å². The Morgan fingerprint density at radius 3 is 2.39 bits per heavy atom. The number of amides is 2. The zero-order valence-electron chi connectivity index (χ0n) is 14.8. The van der Waals surface area contributed by atoms with Crippen molar-refractivity contribution < 1.29 is 14.3 Å². The molecule has 2 rings (SSSR count). The first-order valence-electron chi connectivity index (χ1n) is 9.17. The molecule has 1 saturated carbocycles. The van der Waals surface area contributed by atoms with E-state index < -0.39 is 0 Å². The highest BCUT2D eigenvalue weighted by atomic mass is 16.5. The predicted octanol–water partition coefficient (Wildman–Crippen LogP) is 2.34. The monoisotopic (exact) mass is 324 g/mol. The second-order valence-electron chi connectivity index (χ2n) is 7.43. The Kier molecular flexibility index (Phi) is 6.88. The van der Waals surface area contributed by atoms with Crippen LogP contribution in [0.1, 0.15) is 59.3 Å². The molecule has 2 fully saturated rings. The summed E-state index contributed by atoms with van der Waals surface area (Å²) in [7, 11) is 0. The SMILES string of the molecule is CC(C)C(=O)NC1CCN(C(=O)CO[C@@H]2CCCC[C@H]2C)CC1. The predicted molar refractivity (Wildman–Crippen MR) is 90.0 cm³/mol. The maximum absolute atomic E-state index is 12.3. The van der Waals surface area contributed by atoms with Gasteiger partial charge in [-0.2, -0.15) is 0 Å². The molecule has 1 aliphatic carbocycles. The Labute approximate surface area is 140 Å². The van der Waals surface area contributed by atoms with Crippen LogP contribution in [0.25, 0.3) is 0 Å². The van der Waals surface area contributed by atoms with Gasteiger partial charge >= 0.3 is 0 Å². The number of carbonyl (C=O) groups is 2. The first kappa shape index (κ1) is 18.2. The van der Waals surface area contributed by atoms with Gasteiger partial charge in [0.15, 0.2) is 0 Å². The van der Waals surface area contributed by atoms with Gasteiger partial charge in [-0.25, -0.2) is 0 Å². The summed E-state index contributed by atoms with van der Waals surface area (Å²) in [5.41, 5.74) is 0. The number of rotatable bonds is 5. The Hall–Kier alpha value is -1.10. The van der Waals surface area contributed by atoms with Gasteiger partial charge in [0, 0.05) is 25.0 Å². The molecule has 0 spiro atoms. The molecule has 0 unspecified atom stereocenters. The van der Waals surface area contributed by atoms with E-state index in [0.717, 1.165) is 19.3 Å². The molecular weight excluding hydrogens is 292 g/mol. The van der Waals surface area contributed by atoms with Crippen molar-refractivity contribution in [2.24, 2.45) is 11.8 Å². The lowest BCUT2D eigenvalue weighted by Gasteiger charge is -2.34. The van der Waals surface area contributed by atoms with E-state index in [2.05, 4.69) is 12.2 Å². The number of nitrogens with zero attached hydrogens (tertiary/aromatic N) is 1. The summed E-state index contributed by atoms with van der Waals surface area (Å²) in [4.78, 5) is 25.9. The number of carbonyl (C=O) groups excluding carboxylic acids is 2. The average molecular weight is 324 g/mol. The highest BCUT2D eigenvalue weighted by Gasteiger charge is 2.27. The van der Waals surface area contributed by atoms with Crippen LogP contribution in [0, 0.1) is 11.8 Å². The third kappa shape index (κ3) is 5.48. The third-order valence-electron chi connectivity index (χ3n) is 5.17. The first-order chi connectivity index (χ1) is 11.0. The summed E-state index contributed by atoms with van der Waals surface area (Å²) in [6, 6.07) is 0.202. The first-order valence-corrected chi connectivity index (χ1v) is 9.17. The van der Waals surface area contributed by atoms with E-state index in [1.54, 1.807) is 0 Å². The van der Waals surface area contributed by atoms with Gasteiger partial charge in [-0.3, -0.25) is 9.59 Å². The lowest BCUT2D eigenvalue weighted by atomic mass is 9.88.